The molecule has 0 heterocycles. The van der Waals surface area contributed by atoms with Crippen LogP contribution in [-0.4, -0.2) is 13.7 Å². The Bertz CT molecular complexity index is 336. The molecule has 17 heavy (non-hydrogen) atoms. The van der Waals surface area contributed by atoms with Crippen molar-refractivity contribution in [2.75, 3.05) is 13.7 Å². The van der Waals surface area contributed by atoms with Gasteiger partial charge in [-0.25, -0.2) is 0 Å². The number of nitrogens with one attached hydrogen (secondary N) is 1. The molecular formula is C15H25NO. The molecule has 0 spiro atoms. The second-order valence-electron chi connectivity index (χ2n) is 4.54. The summed E-state index contributed by atoms with van der Waals surface area (Å²) < 4.78 is 5.49. The molecule has 0 aliphatic carbocycles. The average Bonchev–Trinajstić information content (AvgIpc) is 2.34. The van der Waals surface area contributed by atoms with Crippen LogP contribution in [0.3, 0.4) is 0 Å². The molecule has 0 amide bonds. The molecule has 0 radical (unpaired) electrons. The summed E-state index contributed by atoms with van der Waals surface area (Å²) in [5.74, 6) is 1.01. The maximum Gasteiger partial charge on any atom is 0.123 e. The Morgan fingerprint density at radius 3 is 2.59 bits per heavy atom. The van der Waals surface area contributed by atoms with Gasteiger partial charge in [0.15, 0.2) is 0 Å². The summed E-state index contributed by atoms with van der Waals surface area (Å²) in [6, 6.07) is 6.88. The number of aryl methyl sites for hydroxylation is 1. The van der Waals surface area contributed by atoms with Gasteiger partial charge in [0.05, 0.1) is 7.11 Å². The third-order valence-corrected chi connectivity index (χ3v) is 2.98. The first kappa shape index (κ1) is 14.0. The highest BCUT2D eigenvalue weighted by atomic mass is 16.5. The van der Waals surface area contributed by atoms with Crippen molar-refractivity contribution in [1.82, 2.24) is 5.32 Å². The van der Waals surface area contributed by atoms with Gasteiger partial charge in [-0.1, -0.05) is 32.4 Å². The first-order valence-corrected chi connectivity index (χ1v) is 6.60. The molecule has 0 saturated heterocycles. The van der Waals surface area contributed by atoms with E-state index in [4.69, 9.17) is 4.74 Å². The molecule has 0 fully saturated rings. The van der Waals surface area contributed by atoms with Gasteiger partial charge >= 0.3 is 0 Å². The molecular weight excluding hydrogens is 210 g/mol. The number of ether oxygens (including phenoxy) is 1. The molecule has 1 rings (SSSR count). The van der Waals surface area contributed by atoms with Gasteiger partial charge in [-0.2, -0.15) is 0 Å². The summed E-state index contributed by atoms with van der Waals surface area (Å²) in [6.45, 7) is 7.58. The fraction of sp³-hybridized carbons (Fsp3) is 0.600. The van der Waals surface area contributed by atoms with Gasteiger partial charge in [0.1, 0.15) is 5.75 Å². The van der Waals surface area contributed by atoms with Crippen molar-refractivity contribution in [1.29, 1.82) is 0 Å². The Morgan fingerprint density at radius 2 is 2.00 bits per heavy atom. The van der Waals surface area contributed by atoms with Crippen molar-refractivity contribution in [3.63, 3.8) is 0 Å². The number of methoxy groups -OCH3 is 1. The predicted octanol–water partition coefficient (Wildman–Crippen LogP) is 3.84. The summed E-state index contributed by atoms with van der Waals surface area (Å²) in [5, 5.41) is 3.60. The van der Waals surface area contributed by atoms with E-state index in [-0.39, 0.29) is 0 Å². The summed E-state index contributed by atoms with van der Waals surface area (Å²) in [6.07, 6.45) is 3.49. The first-order valence-electron chi connectivity index (χ1n) is 6.60. The van der Waals surface area contributed by atoms with Crippen LogP contribution < -0.4 is 10.1 Å². The molecule has 1 aromatic rings. The van der Waals surface area contributed by atoms with E-state index in [1.165, 1.54) is 17.5 Å². The maximum absolute atomic E-state index is 5.49. The van der Waals surface area contributed by atoms with Crippen molar-refractivity contribution < 1.29 is 4.74 Å². The first-order chi connectivity index (χ1) is 8.22. The molecule has 0 aromatic heterocycles. The Hall–Kier alpha value is -1.02. The van der Waals surface area contributed by atoms with Crippen molar-refractivity contribution >= 4 is 0 Å². The highest BCUT2D eigenvalue weighted by Crippen LogP contribution is 2.29. The van der Waals surface area contributed by atoms with Crippen LogP contribution in [0, 0.1) is 6.92 Å². The number of rotatable bonds is 7. The van der Waals surface area contributed by atoms with Crippen LogP contribution in [0.5, 0.6) is 5.75 Å². The zero-order chi connectivity index (χ0) is 12.7. The summed E-state index contributed by atoms with van der Waals surface area (Å²) in [7, 11) is 1.75. The van der Waals surface area contributed by atoms with Crippen LogP contribution in [0.2, 0.25) is 0 Å². The highest BCUT2D eigenvalue weighted by molar-refractivity contribution is 5.39. The molecule has 2 heteroatoms. The van der Waals surface area contributed by atoms with Gasteiger partial charge < -0.3 is 10.1 Å². The summed E-state index contributed by atoms with van der Waals surface area (Å²) in [4.78, 5) is 0. The standard InChI is InChI=1S/C15H25NO/c1-5-7-14(16-10-6-2)13-9-8-12(3)11-15(13)17-4/h8-9,11,14,16H,5-7,10H2,1-4H3. The summed E-state index contributed by atoms with van der Waals surface area (Å²) in [5.41, 5.74) is 2.53. The van der Waals surface area contributed by atoms with E-state index in [1.807, 2.05) is 0 Å². The van der Waals surface area contributed by atoms with Crippen LogP contribution in [0.15, 0.2) is 18.2 Å². The number of hydrogen-bond donors (Lipinski definition) is 1. The molecule has 0 saturated carbocycles. The smallest absolute Gasteiger partial charge is 0.123 e. The molecule has 0 aliphatic heterocycles. The van der Waals surface area contributed by atoms with Crippen LogP contribution in [0.1, 0.15) is 50.3 Å². The molecule has 96 valence electrons. The van der Waals surface area contributed by atoms with E-state index < -0.39 is 0 Å². The molecule has 0 bridgehead atoms. The Kier molecular flexibility index (Phi) is 6.06. The van der Waals surface area contributed by atoms with Gasteiger partial charge in [-0.05, 0) is 37.9 Å². The van der Waals surface area contributed by atoms with E-state index in [0.717, 1.165) is 25.1 Å². The average molecular weight is 235 g/mol. The fourth-order valence-corrected chi connectivity index (χ4v) is 2.08. The van der Waals surface area contributed by atoms with Gasteiger partial charge in [-0.3, -0.25) is 0 Å². The number of benzene rings is 1. The highest BCUT2D eigenvalue weighted by Gasteiger charge is 2.14. The van der Waals surface area contributed by atoms with Crippen molar-refractivity contribution in [3.8, 4) is 5.75 Å². The SMILES string of the molecule is CCCNC(CCC)c1ccc(C)cc1OC. The quantitative estimate of drug-likeness (QED) is 0.775. The zero-order valence-electron chi connectivity index (χ0n) is 11.5. The van der Waals surface area contributed by atoms with E-state index in [9.17, 15) is 0 Å². The molecule has 1 atom stereocenters. The Balaban J connectivity index is 2.91. The Morgan fingerprint density at radius 1 is 1.24 bits per heavy atom. The normalized spacial score (nSPS) is 12.5. The minimum atomic E-state index is 0.412. The maximum atomic E-state index is 5.49. The minimum Gasteiger partial charge on any atom is -0.496 e. The zero-order valence-corrected chi connectivity index (χ0v) is 11.5. The molecule has 1 N–H and O–H groups in total. The molecule has 0 aliphatic rings. The van der Waals surface area contributed by atoms with Crippen LogP contribution in [0.4, 0.5) is 0 Å². The van der Waals surface area contributed by atoms with E-state index in [0.29, 0.717) is 6.04 Å². The molecule has 2 nitrogen and oxygen atoms in total. The van der Waals surface area contributed by atoms with Crippen molar-refractivity contribution in [3.05, 3.63) is 29.3 Å². The van der Waals surface area contributed by atoms with Gasteiger partial charge in [0.25, 0.3) is 0 Å². The lowest BCUT2D eigenvalue weighted by atomic mass is 9.99. The molecule has 1 aromatic carbocycles. The fourth-order valence-electron chi connectivity index (χ4n) is 2.08. The van der Waals surface area contributed by atoms with E-state index >= 15 is 0 Å². The molecule has 1 unspecified atom stereocenters. The lowest BCUT2D eigenvalue weighted by Gasteiger charge is -2.21. The van der Waals surface area contributed by atoms with Crippen LogP contribution in [0.25, 0.3) is 0 Å². The second-order valence-corrected chi connectivity index (χ2v) is 4.54. The third kappa shape index (κ3) is 4.04. The largest absolute Gasteiger partial charge is 0.496 e. The van der Waals surface area contributed by atoms with Gasteiger partial charge in [0.2, 0.25) is 0 Å². The summed E-state index contributed by atoms with van der Waals surface area (Å²) >= 11 is 0. The van der Waals surface area contributed by atoms with Crippen LogP contribution in [-0.2, 0) is 0 Å². The lowest BCUT2D eigenvalue weighted by molar-refractivity contribution is 0.394. The predicted molar refractivity (Wildman–Crippen MR) is 73.7 cm³/mol. The van der Waals surface area contributed by atoms with Crippen molar-refractivity contribution in [2.45, 2.75) is 46.1 Å². The Labute approximate surface area is 105 Å². The monoisotopic (exact) mass is 235 g/mol. The van der Waals surface area contributed by atoms with E-state index in [2.05, 4.69) is 44.3 Å². The van der Waals surface area contributed by atoms with Gasteiger partial charge in [-0.15, -0.1) is 0 Å². The third-order valence-electron chi connectivity index (χ3n) is 2.98. The van der Waals surface area contributed by atoms with Gasteiger partial charge in [0, 0.05) is 11.6 Å². The second kappa shape index (κ2) is 7.33. The van der Waals surface area contributed by atoms with Crippen LogP contribution >= 0.6 is 0 Å². The topological polar surface area (TPSA) is 21.3 Å². The minimum absolute atomic E-state index is 0.412. The number of hydrogen-bond acceptors (Lipinski definition) is 2. The van der Waals surface area contributed by atoms with Crippen molar-refractivity contribution in [2.24, 2.45) is 0 Å². The lowest BCUT2D eigenvalue weighted by Crippen LogP contribution is -2.22. The van der Waals surface area contributed by atoms with E-state index in [1.54, 1.807) is 7.11 Å².